The average molecular weight is 326 g/mol. The Kier molecular flexibility index (Phi) is 5.95. The Balaban J connectivity index is 1.63. The van der Waals surface area contributed by atoms with Gasteiger partial charge in [-0.3, -0.25) is 0 Å². The molecule has 2 unspecified atom stereocenters. The van der Waals surface area contributed by atoms with Crippen LogP contribution in [-0.4, -0.2) is 55.5 Å². The Labute approximate surface area is 141 Å². The Morgan fingerprint density at radius 3 is 2.57 bits per heavy atom. The summed E-state index contributed by atoms with van der Waals surface area (Å²) in [6, 6.07) is 0.597. The fraction of sp³-hybridized carbons (Fsp3) is 0.944. The topological polar surface area (TPSA) is 50.8 Å². The third kappa shape index (κ3) is 4.38. The van der Waals surface area contributed by atoms with Gasteiger partial charge in [-0.2, -0.15) is 0 Å². The molecule has 2 aliphatic carbocycles. The van der Waals surface area contributed by atoms with Crippen LogP contribution in [0.15, 0.2) is 0 Å². The molecule has 2 atom stereocenters. The van der Waals surface area contributed by atoms with Gasteiger partial charge in [0.15, 0.2) is 0 Å². The summed E-state index contributed by atoms with van der Waals surface area (Å²) in [6.45, 7) is 10.2. The minimum atomic E-state index is -0.430. The first-order valence-corrected chi connectivity index (χ1v) is 9.07. The molecule has 0 aromatic carbocycles. The Bertz CT molecular complexity index is 402. The van der Waals surface area contributed by atoms with Gasteiger partial charge in [-0.25, -0.2) is 4.79 Å². The van der Waals surface area contributed by atoms with Crippen LogP contribution >= 0.6 is 0 Å². The highest BCUT2D eigenvalue weighted by atomic mass is 16.6. The summed E-state index contributed by atoms with van der Waals surface area (Å²) in [6.07, 6.45) is 6.23. The first-order chi connectivity index (χ1) is 10.8. The molecule has 2 saturated carbocycles. The quantitative estimate of drug-likeness (QED) is 0.730. The largest absolute Gasteiger partial charge is 0.444 e. The second-order valence-corrected chi connectivity index (χ2v) is 8.03. The highest BCUT2D eigenvalue weighted by Gasteiger charge is 2.58. The molecule has 5 nitrogen and oxygen atoms in total. The van der Waals surface area contributed by atoms with Crippen LogP contribution in [0, 0.1) is 5.41 Å². The molecule has 0 radical (unpaired) electrons. The van der Waals surface area contributed by atoms with Crippen LogP contribution in [0.25, 0.3) is 0 Å². The number of amides is 1. The molecule has 0 heterocycles. The molecule has 2 fully saturated rings. The van der Waals surface area contributed by atoms with E-state index in [2.05, 4.69) is 12.2 Å². The van der Waals surface area contributed by atoms with Gasteiger partial charge in [0.05, 0.1) is 6.10 Å². The summed E-state index contributed by atoms with van der Waals surface area (Å²) in [7, 11) is 1.80. The number of hydrogen-bond acceptors (Lipinski definition) is 4. The molecule has 134 valence electrons. The van der Waals surface area contributed by atoms with Crippen LogP contribution in [0.4, 0.5) is 4.79 Å². The van der Waals surface area contributed by atoms with E-state index in [0.29, 0.717) is 17.6 Å². The van der Waals surface area contributed by atoms with Gasteiger partial charge >= 0.3 is 6.09 Å². The van der Waals surface area contributed by atoms with Gasteiger partial charge < -0.3 is 19.7 Å². The lowest BCUT2D eigenvalue weighted by molar-refractivity contribution is -0.172. The van der Waals surface area contributed by atoms with E-state index in [1.165, 1.54) is 19.3 Å². The lowest BCUT2D eigenvalue weighted by atomic mass is 9.51. The predicted molar refractivity (Wildman–Crippen MR) is 91.6 cm³/mol. The van der Waals surface area contributed by atoms with E-state index in [1.54, 1.807) is 11.9 Å². The van der Waals surface area contributed by atoms with Crippen molar-refractivity contribution >= 4 is 6.09 Å². The van der Waals surface area contributed by atoms with Gasteiger partial charge in [-0.1, -0.05) is 6.42 Å². The molecule has 1 amide bonds. The van der Waals surface area contributed by atoms with E-state index in [4.69, 9.17) is 9.47 Å². The Morgan fingerprint density at radius 2 is 2.04 bits per heavy atom. The number of hydrogen-bond donors (Lipinski definition) is 1. The van der Waals surface area contributed by atoms with Crippen LogP contribution in [-0.2, 0) is 9.47 Å². The van der Waals surface area contributed by atoms with Crippen molar-refractivity contribution in [1.82, 2.24) is 10.2 Å². The van der Waals surface area contributed by atoms with Crippen molar-refractivity contribution in [3.63, 3.8) is 0 Å². The van der Waals surface area contributed by atoms with Crippen molar-refractivity contribution in [2.75, 3.05) is 26.7 Å². The maximum absolute atomic E-state index is 11.9. The van der Waals surface area contributed by atoms with E-state index in [9.17, 15) is 4.79 Å². The van der Waals surface area contributed by atoms with Gasteiger partial charge in [-0.15, -0.1) is 0 Å². The van der Waals surface area contributed by atoms with Crippen molar-refractivity contribution in [1.29, 1.82) is 0 Å². The lowest BCUT2D eigenvalue weighted by Crippen LogP contribution is -2.67. The van der Waals surface area contributed by atoms with Crippen molar-refractivity contribution < 1.29 is 14.3 Å². The normalized spacial score (nSPS) is 25.6. The molecule has 1 N–H and O–H groups in total. The van der Waals surface area contributed by atoms with E-state index >= 15 is 0 Å². The molecule has 0 aromatic rings. The molecular weight excluding hydrogens is 292 g/mol. The highest BCUT2D eigenvalue weighted by molar-refractivity contribution is 5.67. The molecule has 0 bridgehead atoms. The van der Waals surface area contributed by atoms with Crippen molar-refractivity contribution in [3.05, 3.63) is 0 Å². The molecule has 5 heteroatoms. The number of carbonyl (C=O) groups is 1. The number of carbonyl (C=O) groups excluding carboxylic acids is 1. The lowest BCUT2D eigenvalue weighted by Gasteiger charge is -2.61. The maximum atomic E-state index is 11.9. The summed E-state index contributed by atoms with van der Waals surface area (Å²) in [5.41, 5.74) is -0.0203. The number of rotatable bonds is 7. The van der Waals surface area contributed by atoms with E-state index in [-0.39, 0.29) is 6.09 Å². The summed E-state index contributed by atoms with van der Waals surface area (Å²) in [5.74, 6) is 0. The zero-order chi connectivity index (χ0) is 17.1. The maximum Gasteiger partial charge on any atom is 0.410 e. The fourth-order valence-corrected chi connectivity index (χ4v) is 3.75. The SMILES string of the molecule is CCOC1CC(NCCCN(C)C(=O)OC(C)(C)C)C12CCC2. The predicted octanol–water partition coefficient (Wildman–Crippen LogP) is 3.18. The van der Waals surface area contributed by atoms with Crippen LogP contribution in [0.2, 0.25) is 0 Å². The molecule has 23 heavy (non-hydrogen) atoms. The minimum Gasteiger partial charge on any atom is -0.444 e. The monoisotopic (exact) mass is 326 g/mol. The van der Waals surface area contributed by atoms with Gasteiger partial charge in [0, 0.05) is 31.7 Å². The third-order valence-electron chi connectivity index (χ3n) is 5.20. The van der Waals surface area contributed by atoms with Crippen molar-refractivity contribution in [2.24, 2.45) is 5.41 Å². The van der Waals surface area contributed by atoms with Gasteiger partial charge in [0.25, 0.3) is 0 Å². The van der Waals surface area contributed by atoms with Crippen LogP contribution in [0.3, 0.4) is 0 Å². The standard InChI is InChI=1S/C18H34N2O3/c1-6-22-15-13-14(18(15)9-7-10-18)19-11-8-12-20(5)16(21)23-17(2,3)4/h14-15,19H,6-13H2,1-5H3. The number of ether oxygens (including phenoxy) is 2. The molecule has 0 saturated heterocycles. The minimum absolute atomic E-state index is 0.243. The molecule has 2 aliphatic rings. The van der Waals surface area contributed by atoms with Crippen LogP contribution < -0.4 is 5.32 Å². The molecule has 0 aliphatic heterocycles. The summed E-state index contributed by atoms with van der Waals surface area (Å²) in [4.78, 5) is 13.6. The summed E-state index contributed by atoms with van der Waals surface area (Å²) in [5, 5.41) is 3.68. The van der Waals surface area contributed by atoms with Crippen molar-refractivity contribution in [3.8, 4) is 0 Å². The van der Waals surface area contributed by atoms with Crippen molar-refractivity contribution in [2.45, 2.75) is 77.5 Å². The smallest absolute Gasteiger partial charge is 0.410 e. The van der Waals surface area contributed by atoms with Crippen LogP contribution in [0.1, 0.15) is 59.8 Å². The highest BCUT2D eigenvalue weighted by Crippen LogP contribution is 2.57. The number of nitrogens with one attached hydrogen (secondary N) is 1. The second-order valence-electron chi connectivity index (χ2n) is 8.03. The summed E-state index contributed by atoms with van der Waals surface area (Å²) >= 11 is 0. The average Bonchev–Trinajstić information content (AvgIpc) is 2.36. The van der Waals surface area contributed by atoms with Gasteiger partial charge in [-0.05, 0) is 59.9 Å². The van der Waals surface area contributed by atoms with Crippen LogP contribution in [0.5, 0.6) is 0 Å². The zero-order valence-electron chi connectivity index (χ0n) is 15.5. The zero-order valence-corrected chi connectivity index (χ0v) is 15.5. The number of nitrogens with zero attached hydrogens (tertiary/aromatic N) is 1. The van der Waals surface area contributed by atoms with E-state index < -0.39 is 5.60 Å². The fourth-order valence-electron chi connectivity index (χ4n) is 3.75. The molecule has 0 aromatic heterocycles. The first kappa shape index (κ1) is 18.5. The Morgan fingerprint density at radius 1 is 1.35 bits per heavy atom. The third-order valence-corrected chi connectivity index (χ3v) is 5.20. The first-order valence-electron chi connectivity index (χ1n) is 9.07. The Hall–Kier alpha value is -0.810. The van der Waals surface area contributed by atoms with Gasteiger partial charge in [0.1, 0.15) is 5.60 Å². The second kappa shape index (κ2) is 7.39. The molecule has 2 rings (SSSR count). The molecule has 1 spiro atoms. The van der Waals surface area contributed by atoms with E-state index in [0.717, 1.165) is 32.5 Å². The van der Waals surface area contributed by atoms with E-state index in [1.807, 2.05) is 20.8 Å². The molecular formula is C18H34N2O3. The van der Waals surface area contributed by atoms with Gasteiger partial charge in [0.2, 0.25) is 0 Å². The summed E-state index contributed by atoms with van der Waals surface area (Å²) < 4.78 is 11.2.